The Morgan fingerprint density at radius 2 is 2.07 bits per heavy atom. The normalized spacial score (nSPS) is 16.2. The molecule has 1 aliphatic rings. The van der Waals surface area contributed by atoms with E-state index in [4.69, 9.17) is 9.52 Å². The van der Waals surface area contributed by atoms with Crippen LogP contribution in [-0.4, -0.2) is 41.3 Å². The van der Waals surface area contributed by atoms with Crippen LogP contribution in [0.5, 0.6) is 0 Å². The first kappa shape index (κ1) is 16.9. The lowest BCUT2D eigenvalue weighted by Crippen LogP contribution is -2.36. The average Bonchev–Trinajstić information content (AvgIpc) is 3.52. The maximum atomic E-state index is 6.05. The molecule has 0 unspecified atom stereocenters. The molecule has 0 saturated carbocycles. The maximum Gasteiger partial charge on any atom is 0.319 e. The Labute approximate surface area is 171 Å². The molecule has 0 aliphatic carbocycles. The molecule has 6 rings (SSSR count). The van der Waals surface area contributed by atoms with Crippen molar-refractivity contribution in [2.24, 2.45) is 0 Å². The van der Waals surface area contributed by atoms with Gasteiger partial charge in [0.15, 0.2) is 0 Å². The number of nitrogens with one attached hydrogen (secondary N) is 1. The molecule has 5 aromatic heterocycles. The van der Waals surface area contributed by atoms with Gasteiger partial charge in [-0.2, -0.15) is 5.10 Å². The molecule has 5 aromatic rings. The van der Waals surface area contributed by atoms with Gasteiger partial charge < -0.3 is 14.3 Å². The summed E-state index contributed by atoms with van der Waals surface area (Å²) in [6.45, 7) is 2.79. The Bertz CT molecular complexity index is 1340. The van der Waals surface area contributed by atoms with E-state index in [9.17, 15) is 0 Å². The lowest BCUT2D eigenvalue weighted by atomic mass is 10.00. The third-order valence-electron chi connectivity index (χ3n) is 5.52. The number of aromatic nitrogens is 7. The molecular weight excluding hydrogens is 380 g/mol. The van der Waals surface area contributed by atoms with Gasteiger partial charge in [0.05, 0.1) is 23.2 Å². The summed E-state index contributed by atoms with van der Waals surface area (Å²) in [7, 11) is 0. The van der Waals surface area contributed by atoms with Crippen LogP contribution < -0.4 is 4.90 Å². The Morgan fingerprint density at radius 3 is 2.93 bits per heavy atom. The van der Waals surface area contributed by atoms with Gasteiger partial charge in [0, 0.05) is 42.8 Å². The molecule has 9 nitrogen and oxygen atoms in total. The number of anilines is 1. The zero-order valence-electron chi connectivity index (χ0n) is 16.2. The average molecular weight is 398 g/mol. The second kappa shape index (κ2) is 6.51. The van der Waals surface area contributed by atoms with Crippen molar-refractivity contribution in [2.45, 2.75) is 19.4 Å². The quantitative estimate of drug-likeness (QED) is 0.498. The van der Waals surface area contributed by atoms with Crippen LogP contribution in [0, 0.1) is 6.92 Å². The third kappa shape index (κ3) is 2.59. The first-order valence-electron chi connectivity index (χ1n) is 9.75. The Kier molecular flexibility index (Phi) is 3.67. The Balaban J connectivity index is 1.46. The minimum Gasteiger partial charge on any atom is -0.403 e. The van der Waals surface area contributed by atoms with Gasteiger partial charge in [-0.1, -0.05) is 11.2 Å². The summed E-state index contributed by atoms with van der Waals surface area (Å²) in [6.07, 6.45) is 7.91. The number of rotatable bonds is 3. The smallest absolute Gasteiger partial charge is 0.319 e. The van der Waals surface area contributed by atoms with Gasteiger partial charge in [0.1, 0.15) is 6.04 Å². The second-order valence-electron chi connectivity index (χ2n) is 7.33. The lowest BCUT2D eigenvalue weighted by molar-refractivity contribution is 0.503. The molecular formula is C21H18N8O. The molecule has 0 fully saturated rings. The molecule has 6 heterocycles. The highest BCUT2D eigenvalue weighted by molar-refractivity contribution is 5.57. The minimum atomic E-state index is -0.218. The molecule has 30 heavy (non-hydrogen) atoms. The number of nitrogens with zero attached hydrogens (tertiary/aromatic N) is 7. The monoisotopic (exact) mass is 398 g/mol. The number of pyridine rings is 2. The topological polar surface area (TPSA) is 101 Å². The summed E-state index contributed by atoms with van der Waals surface area (Å²) in [5.41, 5.74) is 6.00. The van der Waals surface area contributed by atoms with Gasteiger partial charge in [0.25, 0.3) is 0 Å². The minimum absolute atomic E-state index is 0.218. The van der Waals surface area contributed by atoms with Gasteiger partial charge in [0.2, 0.25) is 5.89 Å². The number of aryl methyl sites for hydroxylation is 1. The van der Waals surface area contributed by atoms with Gasteiger partial charge in [-0.25, -0.2) is 9.50 Å². The van der Waals surface area contributed by atoms with E-state index in [-0.39, 0.29) is 6.04 Å². The predicted octanol–water partition coefficient (Wildman–Crippen LogP) is 2.96. The zero-order valence-corrected chi connectivity index (χ0v) is 16.2. The highest BCUT2D eigenvalue weighted by atomic mass is 16.4. The van der Waals surface area contributed by atoms with Crippen molar-refractivity contribution in [3.63, 3.8) is 0 Å². The van der Waals surface area contributed by atoms with Crippen LogP contribution in [0.4, 0.5) is 6.01 Å². The molecule has 0 saturated heterocycles. The van der Waals surface area contributed by atoms with Crippen molar-refractivity contribution < 1.29 is 4.42 Å². The van der Waals surface area contributed by atoms with Crippen molar-refractivity contribution in [2.75, 3.05) is 11.4 Å². The molecule has 0 bridgehead atoms. The summed E-state index contributed by atoms with van der Waals surface area (Å²) in [5.74, 6) is 0.463. The highest BCUT2D eigenvalue weighted by Crippen LogP contribution is 2.37. The van der Waals surface area contributed by atoms with Crippen LogP contribution in [0.15, 0.2) is 59.7 Å². The van der Waals surface area contributed by atoms with Crippen molar-refractivity contribution in [1.82, 2.24) is 34.8 Å². The highest BCUT2D eigenvalue weighted by Gasteiger charge is 2.36. The van der Waals surface area contributed by atoms with E-state index < -0.39 is 0 Å². The van der Waals surface area contributed by atoms with E-state index in [2.05, 4.69) is 49.1 Å². The van der Waals surface area contributed by atoms with Gasteiger partial charge in [-0.05, 0) is 36.8 Å². The fourth-order valence-electron chi connectivity index (χ4n) is 4.03. The van der Waals surface area contributed by atoms with E-state index >= 15 is 0 Å². The predicted molar refractivity (Wildman–Crippen MR) is 109 cm³/mol. The van der Waals surface area contributed by atoms with Gasteiger partial charge in [-0.3, -0.25) is 4.98 Å². The van der Waals surface area contributed by atoms with Crippen LogP contribution in [0.2, 0.25) is 0 Å². The van der Waals surface area contributed by atoms with Crippen molar-refractivity contribution in [3.05, 3.63) is 77.9 Å². The number of H-pyrrole nitrogens is 1. The van der Waals surface area contributed by atoms with Gasteiger partial charge in [-0.15, -0.1) is 5.10 Å². The van der Waals surface area contributed by atoms with Crippen molar-refractivity contribution >= 4 is 11.5 Å². The number of hydrogen-bond donors (Lipinski definition) is 1. The molecule has 0 spiro atoms. The molecule has 1 atom stereocenters. The number of hydrogen-bond acceptors (Lipinski definition) is 7. The summed E-state index contributed by atoms with van der Waals surface area (Å²) in [4.78, 5) is 14.0. The van der Waals surface area contributed by atoms with Crippen LogP contribution in [0.1, 0.15) is 28.7 Å². The summed E-state index contributed by atoms with van der Waals surface area (Å²) < 4.78 is 7.96. The molecule has 148 valence electrons. The van der Waals surface area contributed by atoms with Crippen molar-refractivity contribution in [3.8, 4) is 11.5 Å². The molecule has 9 heteroatoms. The van der Waals surface area contributed by atoms with E-state index in [1.165, 1.54) is 5.56 Å². The first-order valence-corrected chi connectivity index (χ1v) is 9.75. The summed E-state index contributed by atoms with van der Waals surface area (Å²) in [6, 6.07) is 10.1. The Morgan fingerprint density at radius 1 is 1.17 bits per heavy atom. The maximum absolute atomic E-state index is 6.05. The Hall–Kier alpha value is -4.01. The number of imidazole rings is 1. The standard InChI is InChI=1S/C21H18N8O/c1-13-3-2-9-29-17(13)11-16(27-29)19-18-15(23-12-24-18)6-10-28(19)21-26-25-20(30-21)14-4-7-22-8-5-14/h2-5,7-9,11-12,19H,6,10H2,1H3,(H,23,24)/t19-/m0/s1. The van der Waals surface area contributed by atoms with Crippen LogP contribution in [-0.2, 0) is 6.42 Å². The van der Waals surface area contributed by atoms with Gasteiger partial charge >= 0.3 is 6.01 Å². The molecule has 1 N–H and O–H groups in total. The van der Waals surface area contributed by atoms with E-state index in [0.29, 0.717) is 18.5 Å². The lowest BCUT2D eigenvalue weighted by Gasteiger charge is -2.32. The van der Waals surface area contributed by atoms with E-state index in [1.807, 2.05) is 28.9 Å². The summed E-state index contributed by atoms with van der Waals surface area (Å²) in [5, 5.41) is 13.4. The fraction of sp³-hybridized carbons (Fsp3) is 0.190. The van der Waals surface area contributed by atoms with Crippen LogP contribution >= 0.6 is 0 Å². The molecule has 0 radical (unpaired) electrons. The zero-order chi connectivity index (χ0) is 20.1. The number of aromatic amines is 1. The molecule has 1 aliphatic heterocycles. The largest absolute Gasteiger partial charge is 0.403 e. The second-order valence-corrected chi connectivity index (χ2v) is 7.33. The molecule has 0 aromatic carbocycles. The van der Waals surface area contributed by atoms with Crippen molar-refractivity contribution in [1.29, 1.82) is 0 Å². The first-order chi connectivity index (χ1) is 14.8. The SMILES string of the molecule is Cc1cccn2nc([C@H]3c4nc[nH]c4CCN3c3nnc(-c4ccncc4)o3)cc12. The molecule has 0 amide bonds. The van der Waals surface area contributed by atoms with Crippen LogP contribution in [0.3, 0.4) is 0 Å². The number of fused-ring (bicyclic) bond motifs is 2. The third-order valence-corrected chi connectivity index (χ3v) is 5.52. The van der Waals surface area contributed by atoms with E-state index in [1.54, 1.807) is 18.7 Å². The fourth-order valence-corrected chi connectivity index (χ4v) is 4.03. The van der Waals surface area contributed by atoms with E-state index in [0.717, 1.165) is 34.6 Å². The summed E-state index contributed by atoms with van der Waals surface area (Å²) >= 11 is 0. The van der Waals surface area contributed by atoms with Crippen LogP contribution in [0.25, 0.3) is 17.0 Å².